The lowest BCUT2D eigenvalue weighted by atomic mass is 9.84. The number of amides is 2. The Morgan fingerprint density at radius 2 is 1.86 bits per heavy atom. The van der Waals surface area contributed by atoms with E-state index in [1.54, 1.807) is 29.0 Å². The normalized spacial score (nSPS) is 23.5. The lowest BCUT2D eigenvalue weighted by Crippen LogP contribution is -2.52. The first-order chi connectivity index (χ1) is 16.7. The van der Waals surface area contributed by atoms with Gasteiger partial charge < -0.3 is 19.1 Å². The van der Waals surface area contributed by atoms with E-state index in [0.717, 1.165) is 5.56 Å². The maximum Gasteiger partial charge on any atom is 0.320 e. The van der Waals surface area contributed by atoms with Crippen molar-refractivity contribution in [3.8, 4) is 0 Å². The van der Waals surface area contributed by atoms with E-state index in [1.165, 1.54) is 0 Å². The first-order valence-electron chi connectivity index (χ1n) is 11.7. The van der Waals surface area contributed by atoms with Crippen molar-refractivity contribution in [2.24, 2.45) is 0 Å². The van der Waals surface area contributed by atoms with E-state index < -0.39 is 17.0 Å². The van der Waals surface area contributed by atoms with Crippen LogP contribution in [0.3, 0.4) is 0 Å². The number of aromatic nitrogens is 2. The number of hydrogen-bond donors (Lipinski definition) is 2. The highest BCUT2D eigenvalue weighted by Gasteiger charge is 2.37. The van der Waals surface area contributed by atoms with Gasteiger partial charge in [-0.05, 0) is 17.5 Å². The first-order valence-corrected chi connectivity index (χ1v) is 13.6. The Morgan fingerprint density at radius 1 is 1.17 bits per heavy atom. The molecule has 0 bridgehead atoms. The van der Waals surface area contributed by atoms with Crippen molar-refractivity contribution in [1.29, 1.82) is 0 Å². The van der Waals surface area contributed by atoms with E-state index in [1.807, 2.05) is 12.1 Å². The minimum atomic E-state index is -2.61. The standard InChI is InChI=1S/C23H32F2N4O5S/c1-33-9-6-21-26-22(34-27-21)19-13-18(17-4-2-16(3-5-17)12-20(24)25)14-29(15-19)23(30)28-7-10-35(31,32)11-8-28/h2-5,18-20,31-32H,6-15H2,1H3. The molecule has 12 heteroatoms. The molecule has 2 aliphatic rings. The predicted molar refractivity (Wildman–Crippen MR) is 127 cm³/mol. The number of hydrogen-bond acceptors (Lipinski definition) is 7. The summed E-state index contributed by atoms with van der Waals surface area (Å²) >= 11 is 0. The van der Waals surface area contributed by atoms with Crippen molar-refractivity contribution < 1.29 is 31.9 Å². The highest BCUT2D eigenvalue weighted by Crippen LogP contribution is 2.41. The molecule has 1 aromatic heterocycles. The Morgan fingerprint density at radius 3 is 2.51 bits per heavy atom. The average Bonchev–Trinajstić information content (AvgIpc) is 3.31. The Balaban J connectivity index is 1.53. The molecule has 2 aliphatic heterocycles. The molecular formula is C23H32F2N4O5S. The summed E-state index contributed by atoms with van der Waals surface area (Å²) in [6, 6.07) is 6.95. The molecule has 2 unspecified atom stereocenters. The average molecular weight is 515 g/mol. The van der Waals surface area contributed by atoms with Crippen molar-refractivity contribution in [2.45, 2.75) is 37.5 Å². The first kappa shape index (κ1) is 25.8. The third kappa shape index (κ3) is 6.69. The van der Waals surface area contributed by atoms with E-state index in [-0.39, 0.29) is 48.9 Å². The third-order valence-electron chi connectivity index (χ3n) is 6.57. The second-order valence-electron chi connectivity index (χ2n) is 9.14. The van der Waals surface area contributed by atoms with E-state index in [9.17, 15) is 22.7 Å². The van der Waals surface area contributed by atoms with E-state index in [2.05, 4.69) is 10.1 Å². The molecule has 1 aromatic carbocycles. The van der Waals surface area contributed by atoms with Crippen LogP contribution >= 0.6 is 10.6 Å². The SMILES string of the molecule is COCCc1noc(C2CC(c3ccc(CC(F)F)cc3)CN(C(=O)N3CCS(O)(O)CC3)C2)n1. The number of nitrogens with zero attached hydrogens (tertiary/aromatic N) is 4. The van der Waals surface area contributed by atoms with Crippen LogP contribution in [0, 0.1) is 0 Å². The highest BCUT2D eigenvalue weighted by atomic mass is 32.3. The topological polar surface area (TPSA) is 112 Å². The molecule has 0 aliphatic carbocycles. The zero-order valence-electron chi connectivity index (χ0n) is 19.7. The molecule has 4 rings (SSSR count). The van der Waals surface area contributed by atoms with Crippen LogP contribution in [0.4, 0.5) is 13.6 Å². The Hall–Kier alpha value is -2.28. The summed E-state index contributed by atoms with van der Waals surface area (Å²) in [5.74, 6) is 1.13. The van der Waals surface area contributed by atoms with Crippen LogP contribution in [-0.2, 0) is 17.6 Å². The molecule has 2 N–H and O–H groups in total. The zero-order chi connectivity index (χ0) is 25.0. The van der Waals surface area contributed by atoms with Gasteiger partial charge in [-0.3, -0.25) is 9.11 Å². The minimum absolute atomic E-state index is 0.0437. The van der Waals surface area contributed by atoms with Crippen LogP contribution in [-0.4, -0.2) is 92.9 Å². The maximum atomic E-state index is 13.4. The molecule has 9 nitrogen and oxygen atoms in total. The smallest absolute Gasteiger partial charge is 0.320 e. The number of ether oxygens (including phenoxy) is 1. The van der Waals surface area contributed by atoms with Crippen LogP contribution < -0.4 is 0 Å². The molecule has 0 saturated carbocycles. The quantitative estimate of drug-likeness (QED) is 0.578. The summed E-state index contributed by atoms with van der Waals surface area (Å²) in [6.45, 7) is 1.91. The fourth-order valence-electron chi connectivity index (χ4n) is 4.63. The summed E-state index contributed by atoms with van der Waals surface area (Å²) in [4.78, 5) is 21.3. The van der Waals surface area contributed by atoms with Crippen LogP contribution in [0.25, 0.3) is 0 Å². The number of piperidine rings is 1. The lowest BCUT2D eigenvalue weighted by molar-refractivity contribution is 0.129. The fourth-order valence-corrected chi connectivity index (χ4v) is 5.86. The van der Waals surface area contributed by atoms with Crippen LogP contribution in [0.5, 0.6) is 0 Å². The largest absolute Gasteiger partial charge is 0.384 e. The van der Waals surface area contributed by atoms with Gasteiger partial charge in [-0.15, -0.1) is 0 Å². The molecule has 3 heterocycles. The van der Waals surface area contributed by atoms with E-state index >= 15 is 0 Å². The van der Waals surface area contributed by atoms with Crippen molar-refractivity contribution in [3.63, 3.8) is 0 Å². The fraction of sp³-hybridized carbons (Fsp3) is 0.609. The zero-order valence-corrected chi connectivity index (χ0v) is 20.5. The van der Waals surface area contributed by atoms with Gasteiger partial charge in [0.2, 0.25) is 12.3 Å². The Kier molecular flexibility index (Phi) is 8.25. The van der Waals surface area contributed by atoms with Crippen molar-refractivity contribution in [1.82, 2.24) is 19.9 Å². The monoisotopic (exact) mass is 514 g/mol. The van der Waals surface area contributed by atoms with Gasteiger partial charge in [-0.2, -0.15) is 15.6 Å². The number of rotatable bonds is 7. The lowest BCUT2D eigenvalue weighted by Gasteiger charge is -2.44. The van der Waals surface area contributed by atoms with Crippen LogP contribution in [0.1, 0.15) is 41.1 Å². The number of likely N-dealkylation sites (tertiary alicyclic amines) is 1. The second kappa shape index (κ2) is 11.2. The molecule has 0 spiro atoms. The summed E-state index contributed by atoms with van der Waals surface area (Å²) in [5.41, 5.74) is 1.52. The van der Waals surface area contributed by atoms with E-state index in [0.29, 0.717) is 49.8 Å². The number of halogens is 2. The van der Waals surface area contributed by atoms with Crippen LogP contribution in [0.2, 0.25) is 0 Å². The molecular weight excluding hydrogens is 482 g/mol. The number of carbonyl (C=O) groups is 1. The van der Waals surface area contributed by atoms with E-state index in [4.69, 9.17) is 9.26 Å². The molecule has 0 radical (unpaired) electrons. The number of methoxy groups -OCH3 is 1. The number of benzene rings is 1. The number of urea groups is 1. The molecule has 35 heavy (non-hydrogen) atoms. The number of carbonyl (C=O) groups excluding carboxylic acids is 1. The van der Waals surface area contributed by atoms with Crippen LogP contribution in [0.15, 0.2) is 28.8 Å². The Labute approximate surface area is 204 Å². The molecule has 2 aromatic rings. The number of alkyl halides is 2. The highest BCUT2D eigenvalue weighted by molar-refractivity contribution is 8.24. The minimum Gasteiger partial charge on any atom is -0.384 e. The summed E-state index contributed by atoms with van der Waals surface area (Å²) in [6.07, 6.45) is -1.51. The van der Waals surface area contributed by atoms with Crippen molar-refractivity contribution in [3.05, 3.63) is 47.1 Å². The summed E-state index contributed by atoms with van der Waals surface area (Å²) in [5, 5.41) is 4.04. The molecule has 194 valence electrons. The Bertz CT molecular complexity index is 981. The molecule has 2 fully saturated rings. The van der Waals surface area contributed by atoms with Gasteiger partial charge in [0.1, 0.15) is 0 Å². The maximum absolute atomic E-state index is 13.4. The van der Waals surface area contributed by atoms with Gasteiger partial charge in [0.15, 0.2) is 5.82 Å². The summed E-state index contributed by atoms with van der Waals surface area (Å²) < 4.78 is 55.9. The molecule has 2 saturated heterocycles. The third-order valence-corrected chi connectivity index (χ3v) is 8.24. The van der Waals surface area contributed by atoms with Gasteiger partial charge >= 0.3 is 6.03 Å². The molecule has 2 amide bonds. The van der Waals surface area contributed by atoms with Crippen molar-refractivity contribution >= 4 is 16.6 Å². The predicted octanol–water partition coefficient (Wildman–Crippen LogP) is 3.83. The van der Waals surface area contributed by atoms with Gasteiger partial charge in [0.25, 0.3) is 0 Å². The van der Waals surface area contributed by atoms with Gasteiger partial charge in [0.05, 0.1) is 24.0 Å². The van der Waals surface area contributed by atoms with Crippen molar-refractivity contribution in [2.75, 3.05) is 51.4 Å². The van der Waals surface area contributed by atoms with Gasteiger partial charge in [-0.1, -0.05) is 29.4 Å². The van der Waals surface area contributed by atoms with Gasteiger partial charge in [-0.25, -0.2) is 13.6 Å². The second-order valence-corrected chi connectivity index (χ2v) is 11.6. The molecule has 2 atom stereocenters. The summed E-state index contributed by atoms with van der Waals surface area (Å²) in [7, 11) is -1.01. The van der Waals surface area contributed by atoms with Gasteiger partial charge in [0, 0.05) is 52.0 Å².